The lowest BCUT2D eigenvalue weighted by atomic mass is 10.1. The first-order chi connectivity index (χ1) is 14.3. The van der Waals surface area contributed by atoms with Gasteiger partial charge in [-0.05, 0) is 66.2 Å². The molecule has 7 nitrogen and oxygen atoms in total. The van der Waals surface area contributed by atoms with Crippen LogP contribution in [0.3, 0.4) is 0 Å². The van der Waals surface area contributed by atoms with E-state index in [2.05, 4.69) is 5.32 Å². The van der Waals surface area contributed by atoms with Crippen LogP contribution in [-0.4, -0.2) is 17.7 Å². The molecular formula is C22H18FN3O4. The first-order valence-electron chi connectivity index (χ1n) is 8.87. The lowest BCUT2D eigenvalue weighted by molar-refractivity contribution is -0.120. The van der Waals surface area contributed by atoms with Gasteiger partial charge in [0.05, 0.1) is 0 Å². The van der Waals surface area contributed by atoms with E-state index in [4.69, 9.17) is 16.2 Å². The molecule has 152 valence electrons. The molecule has 0 bridgehead atoms. The van der Waals surface area contributed by atoms with Crippen LogP contribution < -0.4 is 21.5 Å². The fourth-order valence-electron chi connectivity index (χ4n) is 2.69. The van der Waals surface area contributed by atoms with E-state index < -0.39 is 29.6 Å². The molecule has 8 heteroatoms. The van der Waals surface area contributed by atoms with E-state index in [9.17, 15) is 18.8 Å². The van der Waals surface area contributed by atoms with Crippen molar-refractivity contribution in [3.05, 3.63) is 95.3 Å². The minimum absolute atomic E-state index is 0.278. The van der Waals surface area contributed by atoms with E-state index >= 15 is 0 Å². The van der Waals surface area contributed by atoms with Crippen LogP contribution in [0.5, 0.6) is 11.5 Å². The number of hydrogen-bond donors (Lipinski definition) is 3. The van der Waals surface area contributed by atoms with Crippen LogP contribution in [0.25, 0.3) is 0 Å². The Hall–Kier alpha value is -4.20. The Kier molecular flexibility index (Phi) is 6.07. The van der Waals surface area contributed by atoms with E-state index in [1.54, 1.807) is 36.4 Å². The van der Waals surface area contributed by atoms with Gasteiger partial charge in [-0.1, -0.05) is 12.1 Å². The molecular weight excluding hydrogens is 389 g/mol. The second-order valence-electron chi connectivity index (χ2n) is 6.38. The van der Waals surface area contributed by atoms with Crippen LogP contribution in [0, 0.1) is 5.82 Å². The SMILES string of the molecule is NC(=O)c1ccc(Oc2ccc(C(=O)NC(C(N)=O)c3ccc(F)cc3)cc2)cc1. The molecule has 0 aliphatic rings. The highest BCUT2D eigenvalue weighted by molar-refractivity contribution is 5.97. The number of benzene rings is 3. The van der Waals surface area contributed by atoms with Crippen LogP contribution in [0.15, 0.2) is 72.8 Å². The van der Waals surface area contributed by atoms with Gasteiger partial charge in [-0.25, -0.2) is 4.39 Å². The summed E-state index contributed by atoms with van der Waals surface area (Å²) in [6.45, 7) is 0. The molecule has 3 aromatic rings. The molecule has 3 aromatic carbocycles. The van der Waals surface area contributed by atoms with Crippen LogP contribution in [0.4, 0.5) is 4.39 Å². The number of carbonyl (C=O) groups is 3. The van der Waals surface area contributed by atoms with Gasteiger partial charge in [-0.3, -0.25) is 14.4 Å². The van der Waals surface area contributed by atoms with Gasteiger partial charge in [0, 0.05) is 11.1 Å². The number of amides is 3. The normalized spacial score (nSPS) is 11.4. The summed E-state index contributed by atoms with van der Waals surface area (Å²) in [5, 5.41) is 2.53. The largest absolute Gasteiger partial charge is 0.457 e. The van der Waals surface area contributed by atoms with E-state index in [-0.39, 0.29) is 5.56 Å². The van der Waals surface area contributed by atoms with Crippen molar-refractivity contribution in [2.24, 2.45) is 11.5 Å². The Morgan fingerprint density at radius 2 is 1.27 bits per heavy atom. The Labute approximate surface area is 171 Å². The zero-order chi connectivity index (χ0) is 21.7. The van der Waals surface area contributed by atoms with E-state index in [0.717, 1.165) is 0 Å². The molecule has 1 unspecified atom stereocenters. The average Bonchev–Trinajstić information content (AvgIpc) is 2.73. The maximum Gasteiger partial charge on any atom is 0.252 e. The summed E-state index contributed by atoms with van der Waals surface area (Å²) < 4.78 is 18.7. The smallest absolute Gasteiger partial charge is 0.252 e. The van der Waals surface area contributed by atoms with Crippen LogP contribution in [0.2, 0.25) is 0 Å². The summed E-state index contributed by atoms with van der Waals surface area (Å²) in [6.07, 6.45) is 0. The molecule has 0 radical (unpaired) electrons. The Morgan fingerprint density at radius 3 is 1.73 bits per heavy atom. The highest BCUT2D eigenvalue weighted by atomic mass is 19.1. The Morgan fingerprint density at radius 1 is 0.767 bits per heavy atom. The first-order valence-corrected chi connectivity index (χ1v) is 8.87. The molecule has 0 saturated heterocycles. The number of nitrogens with two attached hydrogens (primary N) is 2. The predicted molar refractivity (Wildman–Crippen MR) is 107 cm³/mol. The van der Waals surface area contributed by atoms with E-state index in [1.807, 2.05) is 0 Å². The Balaban J connectivity index is 1.68. The third-order valence-corrected chi connectivity index (χ3v) is 4.25. The fraction of sp³-hybridized carbons (Fsp3) is 0.0455. The maximum atomic E-state index is 13.1. The molecule has 30 heavy (non-hydrogen) atoms. The summed E-state index contributed by atoms with van der Waals surface area (Å²) in [4.78, 5) is 35.3. The summed E-state index contributed by atoms with van der Waals surface area (Å²) in [5.74, 6) is -1.35. The van der Waals surface area contributed by atoms with Crippen molar-refractivity contribution in [2.75, 3.05) is 0 Å². The minimum Gasteiger partial charge on any atom is -0.457 e. The number of primary amides is 2. The van der Waals surface area contributed by atoms with Gasteiger partial charge in [0.1, 0.15) is 23.4 Å². The lowest BCUT2D eigenvalue weighted by Crippen LogP contribution is -2.37. The van der Waals surface area contributed by atoms with Gasteiger partial charge >= 0.3 is 0 Å². The van der Waals surface area contributed by atoms with E-state index in [1.165, 1.54) is 36.4 Å². The standard InChI is InChI=1S/C22H18FN3O4/c23-16-7-1-13(2-8-16)19(21(25)28)26-22(29)15-5-11-18(12-6-15)30-17-9-3-14(4-10-17)20(24)27/h1-12,19H,(H2,24,27)(H2,25,28)(H,26,29). The molecule has 0 aromatic heterocycles. The van der Waals surface area contributed by atoms with Crippen molar-refractivity contribution < 1.29 is 23.5 Å². The highest BCUT2D eigenvalue weighted by Gasteiger charge is 2.21. The first kappa shape index (κ1) is 20.5. The number of carbonyl (C=O) groups excluding carboxylic acids is 3. The molecule has 3 amide bonds. The maximum absolute atomic E-state index is 13.1. The van der Waals surface area contributed by atoms with Crippen LogP contribution in [0.1, 0.15) is 32.3 Å². The van der Waals surface area contributed by atoms with Crippen molar-refractivity contribution in [3.63, 3.8) is 0 Å². The number of hydrogen-bond acceptors (Lipinski definition) is 4. The number of nitrogens with one attached hydrogen (secondary N) is 1. The molecule has 0 heterocycles. The second kappa shape index (κ2) is 8.87. The summed E-state index contributed by atoms with van der Waals surface area (Å²) in [7, 11) is 0. The zero-order valence-electron chi connectivity index (χ0n) is 15.7. The van der Waals surface area contributed by atoms with Gasteiger partial charge in [0.15, 0.2) is 0 Å². The molecule has 5 N–H and O–H groups in total. The molecule has 0 aliphatic heterocycles. The van der Waals surface area contributed by atoms with Crippen molar-refractivity contribution in [3.8, 4) is 11.5 Å². The molecule has 3 rings (SSSR count). The summed E-state index contributed by atoms with van der Waals surface area (Å²) in [5.41, 5.74) is 11.6. The van der Waals surface area contributed by atoms with Gasteiger partial charge in [0.25, 0.3) is 5.91 Å². The summed E-state index contributed by atoms with van der Waals surface area (Å²) >= 11 is 0. The van der Waals surface area contributed by atoms with Crippen molar-refractivity contribution in [1.82, 2.24) is 5.32 Å². The number of rotatable bonds is 7. The quantitative estimate of drug-likeness (QED) is 0.557. The topological polar surface area (TPSA) is 125 Å². The van der Waals surface area contributed by atoms with Gasteiger partial charge in [-0.15, -0.1) is 0 Å². The second-order valence-corrected chi connectivity index (χ2v) is 6.38. The highest BCUT2D eigenvalue weighted by Crippen LogP contribution is 2.22. The van der Waals surface area contributed by atoms with Crippen molar-refractivity contribution in [2.45, 2.75) is 6.04 Å². The molecule has 1 atom stereocenters. The van der Waals surface area contributed by atoms with E-state index in [0.29, 0.717) is 22.6 Å². The molecule has 0 spiro atoms. The number of halogens is 1. The van der Waals surface area contributed by atoms with Gasteiger partial charge in [-0.2, -0.15) is 0 Å². The van der Waals surface area contributed by atoms with Gasteiger partial charge in [0.2, 0.25) is 11.8 Å². The lowest BCUT2D eigenvalue weighted by Gasteiger charge is -2.16. The third kappa shape index (κ3) is 4.99. The summed E-state index contributed by atoms with van der Waals surface area (Å²) in [6, 6.07) is 16.5. The molecule has 0 saturated carbocycles. The Bertz CT molecular complexity index is 1070. The third-order valence-electron chi connectivity index (χ3n) is 4.25. The van der Waals surface area contributed by atoms with Crippen LogP contribution in [-0.2, 0) is 4.79 Å². The number of ether oxygens (including phenoxy) is 1. The monoisotopic (exact) mass is 407 g/mol. The minimum atomic E-state index is -1.10. The predicted octanol–water partition coefficient (Wildman–Crippen LogP) is 2.67. The van der Waals surface area contributed by atoms with Crippen molar-refractivity contribution in [1.29, 1.82) is 0 Å². The molecule has 0 fully saturated rings. The fourth-order valence-corrected chi connectivity index (χ4v) is 2.69. The van der Waals surface area contributed by atoms with Crippen molar-refractivity contribution >= 4 is 17.7 Å². The van der Waals surface area contributed by atoms with Crippen LogP contribution >= 0.6 is 0 Å². The molecule has 0 aliphatic carbocycles. The average molecular weight is 407 g/mol. The van der Waals surface area contributed by atoms with Gasteiger partial charge < -0.3 is 21.5 Å². The zero-order valence-corrected chi connectivity index (χ0v) is 15.7.